The molecular formula is C12H18ClN3O. The van der Waals surface area contributed by atoms with Gasteiger partial charge in [0.15, 0.2) is 0 Å². The van der Waals surface area contributed by atoms with Gasteiger partial charge in [-0.2, -0.15) is 5.10 Å². The number of anilines is 1. The zero-order valence-corrected chi connectivity index (χ0v) is 11.0. The van der Waals surface area contributed by atoms with Crippen molar-refractivity contribution in [3.05, 3.63) is 21.6 Å². The molecule has 2 rings (SSSR count). The summed E-state index contributed by atoms with van der Waals surface area (Å²) in [7, 11) is 1.59. The van der Waals surface area contributed by atoms with Crippen LogP contribution < -0.4 is 10.9 Å². The second-order valence-electron chi connectivity index (χ2n) is 4.86. The van der Waals surface area contributed by atoms with E-state index in [1.165, 1.54) is 23.9 Å². The highest BCUT2D eigenvalue weighted by molar-refractivity contribution is 6.32. The number of rotatable bonds is 4. The van der Waals surface area contributed by atoms with Crippen LogP contribution in [0.2, 0.25) is 5.02 Å². The van der Waals surface area contributed by atoms with Gasteiger partial charge < -0.3 is 5.32 Å². The lowest BCUT2D eigenvalue weighted by molar-refractivity contribution is 0.145. The van der Waals surface area contributed by atoms with Gasteiger partial charge in [0.2, 0.25) is 0 Å². The molecule has 0 saturated heterocycles. The molecule has 4 nitrogen and oxygen atoms in total. The van der Waals surface area contributed by atoms with Crippen molar-refractivity contribution in [2.75, 3.05) is 11.9 Å². The van der Waals surface area contributed by atoms with Crippen molar-refractivity contribution >= 4 is 17.3 Å². The molecule has 0 atom stereocenters. The van der Waals surface area contributed by atoms with Crippen LogP contribution in [0.4, 0.5) is 5.69 Å². The minimum absolute atomic E-state index is 0.230. The summed E-state index contributed by atoms with van der Waals surface area (Å²) in [5, 5.41) is 7.46. The molecule has 17 heavy (non-hydrogen) atoms. The smallest absolute Gasteiger partial charge is 0.287 e. The van der Waals surface area contributed by atoms with Crippen LogP contribution in [-0.4, -0.2) is 16.3 Å². The van der Waals surface area contributed by atoms with Crippen molar-refractivity contribution in [2.45, 2.75) is 32.6 Å². The second-order valence-corrected chi connectivity index (χ2v) is 5.24. The van der Waals surface area contributed by atoms with Crippen molar-refractivity contribution in [3.63, 3.8) is 0 Å². The monoisotopic (exact) mass is 255 g/mol. The standard InChI is InChI=1S/C12H18ClN3O/c1-3-12(5-4-6-12)8-14-9-7-15-16(2)11(17)10(9)13/h7,14H,3-6,8H2,1-2H3. The fraction of sp³-hybridized carbons (Fsp3) is 0.667. The van der Waals surface area contributed by atoms with E-state index in [0.717, 1.165) is 13.0 Å². The molecule has 0 radical (unpaired) electrons. The fourth-order valence-electron chi connectivity index (χ4n) is 2.25. The summed E-state index contributed by atoms with van der Waals surface area (Å²) < 4.78 is 1.24. The molecule has 5 heteroatoms. The van der Waals surface area contributed by atoms with E-state index < -0.39 is 0 Å². The molecular weight excluding hydrogens is 238 g/mol. The maximum absolute atomic E-state index is 11.6. The third kappa shape index (κ3) is 2.32. The van der Waals surface area contributed by atoms with Crippen LogP contribution in [0.1, 0.15) is 32.6 Å². The van der Waals surface area contributed by atoms with Gasteiger partial charge in [-0.25, -0.2) is 4.68 Å². The van der Waals surface area contributed by atoms with Gasteiger partial charge in [0, 0.05) is 13.6 Å². The number of hydrogen-bond acceptors (Lipinski definition) is 3. The molecule has 0 aliphatic heterocycles. The Hall–Kier alpha value is -1.03. The molecule has 1 aliphatic carbocycles. The number of nitrogens with one attached hydrogen (secondary N) is 1. The first-order valence-electron chi connectivity index (χ1n) is 6.04. The van der Waals surface area contributed by atoms with Crippen LogP contribution in [-0.2, 0) is 7.05 Å². The summed E-state index contributed by atoms with van der Waals surface area (Å²) in [6.07, 6.45) is 6.60. The van der Waals surface area contributed by atoms with Crippen molar-refractivity contribution in [2.24, 2.45) is 12.5 Å². The van der Waals surface area contributed by atoms with Crippen LogP contribution >= 0.6 is 11.6 Å². The zero-order chi connectivity index (χ0) is 12.5. The summed E-state index contributed by atoms with van der Waals surface area (Å²) in [6, 6.07) is 0. The van der Waals surface area contributed by atoms with Gasteiger partial charge in [0.05, 0.1) is 11.9 Å². The van der Waals surface area contributed by atoms with Gasteiger partial charge in [0.1, 0.15) is 5.02 Å². The maximum Gasteiger partial charge on any atom is 0.287 e. The molecule has 94 valence electrons. The second kappa shape index (κ2) is 4.69. The van der Waals surface area contributed by atoms with Crippen molar-refractivity contribution in [1.82, 2.24) is 9.78 Å². The Bertz CT molecular complexity index is 460. The Labute approximate surface area is 106 Å². The number of halogens is 1. The summed E-state index contributed by atoms with van der Waals surface area (Å²) in [5.74, 6) is 0. The molecule has 0 aromatic carbocycles. The highest BCUT2D eigenvalue weighted by atomic mass is 35.5. The SMILES string of the molecule is CCC1(CNc2cnn(C)c(=O)c2Cl)CCC1. The summed E-state index contributed by atoms with van der Waals surface area (Å²) in [5.41, 5.74) is 0.787. The Morgan fingerprint density at radius 1 is 1.59 bits per heavy atom. The first kappa shape index (κ1) is 12.4. The minimum atomic E-state index is -0.254. The van der Waals surface area contributed by atoms with Crippen molar-refractivity contribution in [1.29, 1.82) is 0 Å². The molecule has 0 spiro atoms. The molecule has 1 fully saturated rings. The quantitative estimate of drug-likeness (QED) is 0.899. The number of aromatic nitrogens is 2. The molecule has 1 saturated carbocycles. The van der Waals surface area contributed by atoms with Gasteiger partial charge in [-0.1, -0.05) is 24.9 Å². The summed E-state index contributed by atoms with van der Waals surface area (Å²) in [4.78, 5) is 11.6. The molecule has 1 aliphatic rings. The highest BCUT2D eigenvalue weighted by Crippen LogP contribution is 2.43. The van der Waals surface area contributed by atoms with Crippen LogP contribution in [0, 0.1) is 5.41 Å². The molecule has 1 aromatic heterocycles. The lowest BCUT2D eigenvalue weighted by Gasteiger charge is -2.41. The molecule has 1 heterocycles. The normalized spacial score (nSPS) is 17.6. The third-order valence-electron chi connectivity index (χ3n) is 3.90. The fourth-order valence-corrected chi connectivity index (χ4v) is 2.49. The predicted molar refractivity (Wildman–Crippen MR) is 69.6 cm³/mol. The van der Waals surface area contributed by atoms with E-state index in [1.807, 2.05) is 0 Å². The van der Waals surface area contributed by atoms with E-state index in [-0.39, 0.29) is 10.6 Å². The lowest BCUT2D eigenvalue weighted by Crippen LogP contribution is -2.36. The molecule has 0 bridgehead atoms. The molecule has 1 aromatic rings. The van der Waals surface area contributed by atoms with E-state index in [2.05, 4.69) is 17.3 Å². The van der Waals surface area contributed by atoms with E-state index in [0.29, 0.717) is 11.1 Å². The van der Waals surface area contributed by atoms with Crippen molar-refractivity contribution < 1.29 is 0 Å². The van der Waals surface area contributed by atoms with Crippen LogP contribution in [0.25, 0.3) is 0 Å². The first-order chi connectivity index (χ1) is 8.08. The first-order valence-corrected chi connectivity index (χ1v) is 6.41. The number of nitrogens with zero attached hydrogens (tertiary/aromatic N) is 2. The largest absolute Gasteiger partial charge is 0.382 e. The van der Waals surface area contributed by atoms with Crippen LogP contribution in [0.3, 0.4) is 0 Å². The average molecular weight is 256 g/mol. The van der Waals surface area contributed by atoms with Gasteiger partial charge in [-0.3, -0.25) is 4.79 Å². The third-order valence-corrected chi connectivity index (χ3v) is 4.26. The predicted octanol–water partition coefficient (Wildman–Crippen LogP) is 2.43. The van der Waals surface area contributed by atoms with Gasteiger partial charge in [-0.05, 0) is 24.7 Å². The lowest BCUT2D eigenvalue weighted by atomic mass is 9.67. The summed E-state index contributed by atoms with van der Waals surface area (Å²) in [6.45, 7) is 3.09. The van der Waals surface area contributed by atoms with E-state index in [1.54, 1.807) is 13.2 Å². The Kier molecular flexibility index (Phi) is 3.43. The minimum Gasteiger partial charge on any atom is -0.382 e. The van der Waals surface area contributed by atoms with Crippen molar-refractivity contribution in [3.8, 4) is 0 Å². The van der Waals surface area contributed by atoms with E-state index >= 15 is 0 Å². The highest BCUT2D eigenvalue weighted by Gasteiger charge is 2.34. The average Bonchev–Trinajstić information content (AvgIpc) is 2.28. The maximum atomic E-state index is 11.6. The summed E-state index contributed by atoms with van der Waals surface area (Å²) >= 11 is 6.00. The van der Waals surface area contributed by atoms with Gasteiger partial charge in [0.25, 0.3) is 5.56 Å². The topological polar surface area (TPSA) is 46.9 Å². The Morgan fingerprint density at radius 3 is 2.82 bits per heavy atom. The van der Waals surface area contributed by atoms with E-state index in [9.17, 15) is 4.79 Å². The van der Waals surface area contributed by atoms with Crippen LogP contribution in [0.5, 0.6) is 0 Å². The van der Waals surface area contributed by atoms with Gasteiger partial charge in [-0.15, -0.1) is 0 Å². The zero-order valence-electron chi connectivity index (χ0n) is 10.3. The molecule has 1 N–H and O–H groups in total. The van der Waals surface area contributed by atoms with Gasteiger partial charge >= 0.3 is 0 Å². The van der Waals surface area contributed by atoms with Crippen LogP contribution in [0.15, 0.2) is 11.0 Å². The molecule has 0 amide bonds. The van der Waals surface area contributed by atoms with E-state index in [4.69, 9.17) is 11.6 Å². The Morgan fingerprint density at radius 2 is 2.29 bits per heavy atom. The Balaban J connectivity index is 2.09. The number of hydrogen-bond donors (Lipinski definition) is 1. The number of aryl methyl sites for hydroxylation is 1. The molecule has 0 unspecified atom stereocenters.